The third-order valence-electron chi connectivity index (χ3n) is 3.67. The van der Waals surface area contributed by atoms with Crippen LogP contribution in [0.15, 0.2) is 54.9 Å². The number of amides is 2. The number of rotatable bonds is 6. The van der Waals surface area contributed by atoms with Crippen molar-refractivity contribution in [3.63, 3.8) is 0 Å². The van der Waals surface area contributed by atoms with E-state index in [9.17, 15) is 9.59 Å². The molecule has 0 saturated carbocycles. The van der Waals surface area contributed by atoms with Crippen LogP contribution in [-0.2, 0) is 0 Å². The van der Waals surface area contributed by atoms with Gasteiger partial charge in [0.1, 0.15) is 23.1 Å². The van der Waals surface area contributed by atoms with Crippen molar-refractivity contribution in [1.29, 1.82) is 0 Å². The average Bonchev–Trinajstić information content (AvgIpc) is 2.70. The topological polar surface area (TPSA) is 125 Å². The van der Waals surface area contributed by atoms with E-state index >= 15 is 0 Å². The number of hydrogen-bond donors (Lipinski definition) is 4. The molecule has 2 aromatic heterocycles. The van der Waals surface area contributed by atoms with Crippen molar-refractivity contribution in [2.75, 3.05) is 17.7 Å². The van der Waals surface area contributed by atoms with Gasteiger partial charge in [0.25, 0.3) is 5.91 Å². The third-order valence-corrected chi connectivity index (χ3v) is 3.96. The van der Waals surface area contributed by atoms with E-state index in [1.165, 1.54) is 12.3 Å². The number of nitrogens with zero attached hydrogens (tertiary/aromatic N) is 2. The number of benzene rings is 1. The first kappa shape index (κ1) is 19.9. The molecule has 2 heterocycles. The zero-order chi connectivity index (χ0) is 20.8. The summed E-state index contributed by atoms with van der Waals surface area (Å²) in [4.78, 5) is 30.7. The summed E-state index contributed by atoms with van der Waals surface area (Å²) < 4.78 is 5.70. The zero-order valence-electron chi connectivity index (χ0n) is 15.1. The van der Waals surface area contributed by atoms with Crippen molar-refractivity contribution in [3.8, 4) is 11.5 Å². The van der Waals surface area contributed by atoms with Gasteiger partial charge in [-0.3, -0.25) is 10.1 Å². The van der Waals surface area contributed by atoms with Crippen LogP contribution in [0.4, 0.5) is 22.1 Å². The zero-order valence-corrected chi connectivity index (χ0v) is 15.9. The van der Waals surface area contributed by atoms with Gasteiger partial charge in [0.2, 0.25) is 0 Å². The first-order valence-corrected chi connectivity index (χ1v) is 8.71. The highest BCUT2D eigenvalue weighted by Gasteiger charge is 2.12. The van der Waals surface area contributed by atoms with Gasteiger partial charge in [-0.05, 0) is 36.4 Å². The lowest BCUT2D eigenvalue weighted by molar-refractivity contribution is 0.0963. The van der Waals surface area contributed by atoms with Crippen molar-refractivity contribution in [2.45, 2.75) is 0 Å². The van der Waals surface area contributed by atoms with Crippen molar-refractivity contribution < 1.29 is 19.4 Å². The van der Waals surface area contributed by atoms with Gasteiger partial charge < -0.3 is 20.5 Å². The van der Waals surface area contributed by atoms with Crippen LogP contribution in [0, 0.1) is 0 Å². The SMILES string of the molecule is CNC(=O)c1cccnc1Nc1ccc(Oc2ccnc(NC(=O)O)c2)c(Cl)c1. The van der Waals surface area contributed by atoms with Crippen molar-refractivity contribution >= 4 is 40.9 Å². The van der Waals surface area contributed by atoms with E-state index in [2.05, 4.69) is 25.9 Å². The summed E-state index contributed by atoms with van der Waals surface area (Å²) in [7, 11) is 1.54. The number of anilines is 3. The molecule has 0 aliphatic heterocycles. The minimum absolute atomic E-state index is 0.126. The molecule has 10 heteroatoms. The van der Waals surface area contributed by atoms with Crippen LogP contribution >= 0.6 is 11.6 Å². The normalized spacial score (nSPS) is 10.1. The molecule has 29 heavy (non-hydrogen) atoms. The molecule has 0 atom stereocenters. The second-order valence-corrected chi connectivity index (χ2v) is 6.07. The third kappa shape index (κ3) is 5.11. The summed E-state index contributed by atoms with van der Waals surface area (Å²) in [6.07, 6.45) is 1.75. The molecule has 4 N–H and O–H groups in total. The predicted octanol–water partition coefficient (Wildman–Crippen LogP) is 4.12. The van der Waals surface area contributed by atoms with E-state index in [-0.39, 0.29) is 11.7 Å². The quantitative estimate of drug-likeness (QED) is 0.479. The number of ether oxygens (including phenoxy) is 1. The van der Waals surface area contributed by atoms with E-state index in [0.717, 1.165) is 0 Å². The maximum Gasteiger partial charge on any atom is 0.410 e. The Balaban J connectivity index is 1.78. The van der Waals surface area contributed by atoms with Gasteiger partial charge in [0.05, 0.1) is 10.6 Å². The lowest BCUT2D eigenvalue weighted by Gasteiger charge is -2.12. The second-order valence-electron chi connectivity index (χ2n) is 5.66. The Morgan fingerprint density at radius 3 is 2.66 bits per heavy atom. The second kappa shape index (κ2) is 8.89. The Labute approximate surface area is 170 Å². The molecule has 0 bridgehead atoms. The first-order valence-electron chi connectivity index (χ1n) is 8.34. The standard InChI is InChI=1S/C19H16ClN5O4/c1-21-18(26)13-3-2-7-23-17(13)24-11-4-5-15(14(20)9-11)29-12-6-8-22-16(10-12)25-19(27)28/h2-10H,1H3,(H,21,26)(H,22,25)(H,23,24)(H,27,28). The Bertz CT molecular complexity index is 1060. The summed E-state index contributed by atoms with van der Waals surface area (Å²) in [5, 5.41) is 16.8. The number of carboxylic acid groups (broad SMARTS) is 1. The Kier molecular flexibility index (Phi) is 6.10. The number of nitrogens with one attached hydrogen (secondary N) is 3. The molecule has 0 unspecified atom stereocenters. The van der Waals surface area contributed by atoms with Crippen LogP contribution in [0.25, 0.3) is 0 Å². The molecule has 3 aromatic rings. The monoisotopic (exact) mass is 413 g/mol. The van der Waals surface area contributed by atoms with Gasteiger partial charge in [-0.15, -0.1) is 0 Å². The number of halogens is 1. The fourth-order valence-electron chi connectivity index (χ4n) is 2.40. The minimum atomic E-state index is -1.23. The molecule has 3 rings (SSSR count). The molecular weight excluding hydrogens is 398 g/mol. The summed E-state index contributed by atoms with van der Waals surface area (Å²) >= 11 is 6.31. The summed E-state index contributed by atoms with van der Waals surface area (Å²) in [5.41, 5.74) is 0.996. The van der Waals surface area contributed by atoms with E-state index in [1.54, 1.807) is 49.6 Å². The van der Waals surface area contributed by atoms with Crippen LogP contribution in [0.3, 0.4) is 0 Å². The molecule has 0 spiro atoms. The molecule has 0 fully saturated rings. The maximum atomic E-state index is 12.0. The molecule has 0 saturated heterocycles. The Hall–Kier alpha value is -3.85. The van der Waals surface area contributed by atoms with E-state index in [0.29, 0.717) is 33.6 Å². The number of pyridine rings is 2. The molecule has 2 amide bonds. The molecule has 0 aliphatic carbocycles. The van der Waals surface area contributed by atoms with E-state index in [1.807, 2.05) is 0 Å². The summed E-state index contributed by atoms with van der Waals surface area (Å²) in [6.45, 7) is 0. The Morgan fingerprint density at radius 2 is 1.93 bits per heavy atom. The van der Waals surface area contributed by atoms with Crippen LogP contribution in [-0.4, -0.2) is 34.1 Å². The highest BCUT2D eigenvalue weighted by Crippen LogP contribution is 2.33. The van der Waals surface area contributed by atoms with Crippen molar-refractivity contribution in [1.82, 2.24) is 15.3 Å². The van der Waals surface area contributed by atoms with E-state index in [4.69, 9.17) is 21.4 Å². The molecule has 0 radical (unpaired) electrons. The van der Waals surface area contributed by atoms with Gasteiger partial charge in [0.15, 0.2) is 0 Å². The van der Waals surface area contributed by atoms with Crippen molar-refractivity contribution in [3.05, 3.63) is 65.4 Å². The summed E-state index contributed by atoms with van der Waals surface area (Å²) in [6, 6.07) is 11.3. The van der Waals surface area contributed by atoms with Gasteiger partial charge in [-0.2, -0.15) is 0 Å². The molecule has 1 aromatic carbocycles. The van der Waals surface area contributed by atoms with Crippen molar-refractivity contribution in [2.24, 2.45) is 0 Å². The number of carbonyl (C=O) groups excluding carboxylic acids is 1. The van der Waals surface area contributed by atoms with Crippen LogP contribution in [0.5, 0.6) is 11.5 Å². The van der Waals surface area contributed by atoms with Gasteiger partial charge in [0, 0.05) is 31.2 Å². The molecular formula is C19H16ClN5O4. The lowest BCUT2D eigenvalue weighted by Crippen LogP contribution is -2.19. The highest BCUT2D eigenvalue weighted by atomic mass is 35.5. The minimum Gasteiger partial charge on any atom is -0.465 e. The first-order chi connectivity index (χ1) is 14.0. The number of hydrogen-bond acceptors (Lipinski definition) is 6. The Morgan fingerprint density at radius 1 is 1.10 bits per heavy atom. The average molecular weight is 414 g/mol. The smallest absolute Gasteiger partial charge is 0.410 e. The van der Waals surface area contributed by atoms with Crippen LogP contribution < -0.4 is 20.7 Å². The van der Waals surface area contributed by atoms with Gasteiger partial charge >= 0.3 is 6.09 Å². The highest BCUT2D eigenvalue weighted by molar-refractivity contribution is 6.32. The van der Waals surface area contributed by atoms with Crippen LogP contribution in [0.2, 0.25) is 5.02 Å². The lowest BCUT2D eigenvalue weighted by atomic mass is 10.2. The largest absolute Gasteiger partial charge is 0.465 e. The predicted molar refractivity (Wildman–Crippen MR) is 108 cm³/mol. The van der Waals surface area contributed by atoms with Crippen LogP contribution in [0.1, 0.15) is 10.4 Å². The number of carbonyl (C=O) groups is 2. The molecule has 9 nitrogen and oxygen atoms in total. The summed E-state index contributed by atoms with van der Waals surface area (Å²) in [5.74, 6) is 0.960. The number of aromatic nitrogens is 2. The fourth-order valence-corrected chi connectivity index (χ4v) is 2.62. The van der Waals surface area contributed by atoms with Gasteiger partial charge in [-0.1, -0.05) is 11.6 Å². The maximum absolute atomic E-state index is 12.0. The van der Waals surface area contributed by atoms with E-state index < -0.39 is 6.09 Å². The molecule has 148 valence electrons. The molecule has 0 aliphatic rings. The fraction of sp³-hybridized carbons (Fsp3) is 0.0526. The van der Waals surface area contributed by atoms with Gasteiger partial charge in [-0.25, -0.2) is 14.8 Å².